The summed E-state index contributed by atoms with van der Waals surface area (Å²) < 4.78 is 0. The van der Waals surface area contributed by atoms with E-state index in [1.165, 1.54) is 4.90 Å². The monoisotopic (exact) mass is 315 g/mol. The fourth-order valence-corrected chi connectivity index (χ4v) is 2.60. The number of carboxylic acid groups (broad SMARTS) is 1. The van der Waals surface area contributed by atoms with Crippen molar-refractivity contribution < 1.29 is 14.7 Å². The smallest absolute Gasteiger partial charge is 0.323 e. The van der Waals surface area contributed by atoms with Crippen LogP contribution < -0.4 is 0 Å². The molecule has 1 aromatic rings. The van der Waals surface area contributed by atoms with Gasteiger partial charge in [-0.05, 0) is 38.1 Å². The Bertz CT molecular complexity index is 462. The summed E-state index contributed by atoms with van der Waals surface area (Å²) in [7, 11) is 0. The molecule has 6 heteroatoms. The molecule has 0 aliphatic heterocycles. The SMILES string of the molecule is CC(C)N(CC(=O)O)C(=O)CCSc1ccc(Cl)cc1. The van der Waals surface area contributed by atoms with E-state index in [4.69, 9.17) is 16.7 Å². The molecule has 0 radical (unpaired) electrons. The normalized spacial score (nSPS) is 10.6. The molecule has 1 aromatic carbocycles. The molecule has 0 saturated heterocycles. The minimum atomic E-state index is -0.989. The standard InChI is InChI=1S/C14H18ClNO3S/c1-10(2)16(9-14(18)19)13(17)7-8-20-12-5-3-11(15)4-6-12/h3-6,10H,7-9H2,1-2H3,(H,18,19). The van der Waals surface area contributed by atoms with Crippen molar-refractivity contribution >= 4 is 35.2 Å². The van der Waals surface area contributed by atoms with Gasteiger partial charge in [-0.2, -0.15) is 0 Å². The van der Waals surface area contributed by atoms with Crippen LogP contribution in [0.3, 0.4) is 0 Å². The molecule has 4 nitrogen and oxygen atoms in total. The number of thioether (sulfide) groups is 1. The Morgan fingerprint density at radius 2 is 1.90 bits per heavy atom. The van der Waals surface area contributed by atoms with Crippen molar-refractivity contribution in [3.05, 3.63) is 29.3 Å². The maximum atomic E-state index is 12.0. The van der Waals surface area contributed by atoms with Crippen molar-refractivity contribution in [3.63, 3.8) is 0 Å². The Labute approximate surface area is 128 Å². The number of benzene rings is 1. The third-order valence-corrected chi connectivity index (χ3v) is 3.91. The predicted octanol–water partition coefficient (Wildman–Crippen LogP) is 3.14. The van der Waals surface area contributed by atoms with Crippen molar-refractivity contribution in [2.45, 2.75) is 31.2 Å². The van der Waals surface area contributed by atoms with Crippen LogP contribution in [0.15, 0.2) is 29.2 Å². The number of carboxylic acids is 1. The third kappa shape index (κ3) is 5.84. The second-order valence-corrected chi connectivity index (χ2v) is 6.17. The van der Waals surface area contributed by atoms with Crippen molar-refractivity contribution in [1.29, 1.82) is 0 Å². The topological polar surface area (TPSA) is 57.6 Å². The van der Waals surface area contributed by atoms with E-state index in [9.17, 15) is 9.59 Å². The Kier molecular flexibility index (Phi) is 6.88. The van der Waals surface area contributed by atoms with Crippen LogP contribution in [-0.4, -0.2) is 40.2 Å². The molecule has 110 valence electrons. The maximum Gasteiger partial charge on any atom is 0.323 e. The Morgan fingerprint density at radius 3 is 2.40 bits per heavy atom. The number of carbonyl (C=O) groups excluding carboxylic acids is 1. The number of amides is 1. The van der Waals surface area contributed by atoms with E-state index in [-0.39, 0.29) is 18.5 Å². The predicted molar refractivity (Wildman–Crippen MR) is 81.3 cm³/mol. The van der Waals surface area contributed by atoms with Crippen LogP contribution in [0.25, 0.3) is 0 Å². The van der Waals surface area contributed by atoms with Crippen LogP contribution in [0.4, 0.5) is 0 Å². The van der Waals surface area contributed by atoms with E-state index in [0.29, 0.717) is 17.2 Å². The zero-order valence-corrected chi connectivity index (χ0v) is 13.1. The molecule has 0 heterocycles. The lowest BCUT2D eigenvalue weighted by molar-refractivity contribution is -0.145. The van der Waals surface area contributed by atoms with E-state index < -0.39 is 5.97 Å². The average molecular weight is 316 g/mol. The van der Waals surface area contributed by atoms with Gasteiger partial charge in [0.25, 0.3) is 0 Å². The summed E-state index contributed by atoms with van der Waals surface area (Å²) in [5.41, 5.74) is 0. The molecule has 0 aliphatic rings. The highest BCUT2D eigenvalue weighted by Gasteiger charge is 2.19. The molecule has 1 N–H and O–H groups in total. The molecule has 0 spiro atoms. The molecule has 0 saturated carbocycles. The van der Waals surface area contributed by atoms with Crippen LogP contribution in [0.1, 0.15) is 20.3 Å². The zero-order valence-electron chi connectivity index (χ0n) is 11.5. The second kappa shape index (κ2) is 8.17. The summed E-state index contributed by atoms with van der Waals surface area (Å²) in [5.74, 6) is -0.509. The lowest BCUT2D eigenvalue weighted by Crippen LogP contribution is -2.40. The number of carbonyl (C=O) groups is 2. The van der Waals surface area contributed by atoms with Gasteiger partial charge in [-0.1, -0.05) is 11.6 Å². The number of hydrogen-bond acceptors (Lipinski definition) is 3. The molecule has 1 amide bonds. The molecule has 20 heavy (non-hydrogen) atoms. The van der Waals surface area contributed by atoms with Gasteiger partial charge < -0.3 is 10.0 Å². The van der Waals surface area contributed by atoms with Crippen molar-refractivity contribution in [3.8, 4) is 0 Å². The van der Waals surface area contributed by atoms with E-state index in [1.54, 1.807) is 23.9 Å². The number of hydrogen-bond donors (Lipinski definition) is 1. The summed E-state index contributed by atoms with van der Waals surface area (Å²) in [6.07, 6.45) is 0.318. The number of halogens is 1. The summed E-state index contributed by atoms with van der Waals surface area (Å²) in [6.45, 7) is 3.38. The van der Waals surface area contributed by atoms with Gasteiger partial charge in [0.1, 0.15) is 6.54 Å². The highest BCUT2D eigenvalue weighted by atomic mass is 35.5. The lowest BCUT2D eigenvalue weighted by atomic mass is 10.3. The summed E-state index contributed by atoms with van der Waals surface area (Å²) in [4.78, 5) is 25.1. The van der Waals surface area contributed by atoms with E-state index in [2.05, 4.69) is 0 Å². The van der Waals surface area contributed by atoms with E-state index in [1.807, 2.05) is 26.0 Å². The number of rotatable bonds is 7. The average Bonchev–Trinajstić information content (AvgIpc) is 2.37. The van der Waals surface area contributed by atoms with Gasteiger partial charge in [0.05, 0.1) is 0 Å². The largest absolute Gasteiger partial charge is 0.480 e. The van der Waals surface area contributed by atoms with Crippen molar-refractivity contribution in [2.24, 2.45) is 0 Å². The van der Waals surface area contributed by atoms with Crippen LogP contribution >= 0.6 is 23.4 Å². The zero-order chi connectivity index (χ0) is 15.1. The Balaban J connectivity index is 2.44. The maximum absolute atomic E-state index is 12.0. The van der Waals surface area contributed by atoms with E-state index >= 15 is 0 Å². The quantitative estimate of drug-likeness (QED) is 0.785. The molecule has 0 bridgehead atoms. The molecule has 0 unspecified atom stereocenters. The number of aliphatic carboxylic acids is 1. The lowest BCUT2D eigenvalue weighted by Gasteiger charge is -2.24. The van der Waals surface area contributed by atoms with Crippen molar-refractivity contribution in [2.75, 3.05) is 12.3 Å². The minimum Gasteiger partial charge on any atom is -0.480 e. The summed E-state index contributed by atoms with van der Waals surface area (Å²) in [5, 5.41) is 9.48. The number of nitrogens with zero attached hydrogens (tertiary/aromatic N) is 1. The first kappa shape index (κ1) is 16.9. The highest BCUT2D eigenvalue weighted by molar-refractivity contribution is 7.99. The Morgan fingerprint density at radius 1 is 1.30 bits per heavy atom. The molecule has 0 atom stereocenters. The van der Waals surface area contributed by atoms with Gasteiger partial charge in [-0.25, -0.2) is 0 Å². The molecular formula is C14H18ClNO3S. The second-order valence-electron chi connectivity index (χ2n) is 4.56. The minimum absolute atomic E-state index is 0.112. The first-order valence-corrected chi connectivity index (χ1v) is 7.66. The van der Waals surface area contributed by atoms with Gasteiger partial charge in [0, 0.05) is 28.1 Å². The van der Waals surface area contributed by atoms with E-state index in [0.717, 1.165) is 4.90 Å². The molecule has 0 aliphatic carbocycles. The van der Waals surface area contributed by atoms with Gasteiger partial charge in [0.15, 0.2) is 0 Å². The van der Waals surface area contributed by atoms with Crippen LogP contribution in [-0.2, 0) is 9.59 Å². The molecule has 0 fully saturated rings. The van der Waals surface area contributed by atoms with Gasteiger partial charge in [0.2, 0.25) is 5.91 Å². The van der Waals surface area contributed by atoms with Gasteiger partial charge in [-0.3, -0.25) is 9.59 Å². The third-order valence-electron chi connectivity index (χ3n) is 2.65. The first-order valence-electron chi connectivity index (χ1n) is 6.29. The highest BCUT2D eigenvalue weighted by Crippen LogP contribution is 2.21. The molecule has 1 rings (SSSR count). The summed E-state index contributed by atoms with van der Waals surface area (Å²) in [6, 6.07) is 7.29. The summed E-state index contributed by atoms with van der Waals surface area (Å²) >= 11 is 7.35. The van der Waals surface area contributed by atoms with Crippen molar-refractivity contribution in [1.82, 2.24) is 4.90 Å². The fraction of sp³-hybridized carbons (Fsp3) is 0.429. The van der Waals surface area contributed by atoms with Crippen LogP contribution in [0.5, 0.6) is 0 Å². The van der Waals surface area contributed by atoms with Crippen LogP contribution in [0, 0.1) is 0 Å². The Hall–Kier alpha value is -1.20. The van der Waals surface area contributed by atoms with Gasteiger partial charge >= 0.3 is 5.97 Å². The first-order chi connectivity index (χ1) is 9.40. The van der Waals surface area contributed by atoms with Gasteiger partial charge in [-0.15, -0.1) is 11.8 Å². The molecule has 0 aromatic heterocycles. The molecular weight excluding hydrogens is 298 g/mol. The van der Waals surface area contributed by atoms with Crippen LogP contribution in [0.2, 0.25) is 5.02 Å². The fourth-order valence-electron chi connectivity index (χ4n) is 1.64.